The molecule has 0 radical (unpaired) electrons. The Morgan fingerprint density at radius 1 is 1.15 bits per heavy atom. The molecule has 1 aromatic carbocycles. The van der Waals surface area contributed by atoms with Crippen LogP contribution < -0.4 is 14.9 Å². The van der Waals surface area contributed by atoms with Crippen molar-refractivity contribution in [2.24, 2.45) is 0 Å². The molecule has 0 saturated carbocycles. The molecule has 3 aromatic rings. The Morgan fingerprint density at radius 3 is 2.32 bits per heavy atom. The van der Waals surface area contributed by atoms with Crippen LogP contribution in [0, 0.1) is 30.3 Å². The van der Waals surface area contributed by atoms with Crippen LogP contribution in [0.4, 0.5) is 22.0 Å². The zero-order valence-electron chi connectivity index (χ0n) is 18.2. The molecule has 2 heterocycles. The van der Waals surface area contributed by atoms with Crippen molar-refractivity contribution in [2.75, 3.05) is 13.4 Å². The lowest BCUT2D eigenvalue weighted by atomic mass is 10.0. The number of pyridine rings is 2. The summed E-state index contributed by atoms with van der Waals surface area (Å²) in [5.74, 6) is -3.94. The summed E-state index contributed by atoms with van der Waals surface area (Å²) >= 11 is 0. The number of alkyl halides is 3. The Hall–Kier alpha value is -3.48. The van der Waals surface area contributed by atoms with Gasteiger partial charge >= 0.3 is 6.18 Å². The Bertz CT molecular complexity index is 1450. The predicted molar refractivity (Wildman–Crippen MR) is 113 cm³/mol. The topological polar surface area (TPSA) is 105 Å². The Balaban J connectivity index is 2.33. The van der Waals surface area contributed by atoms with Gasteiger partial charge in [-0.05, 0) is 31.5 Å². The van der Waals surface area contributed by atoms with E-state index in [1.807, 2.05) is 0 Å². The summed E-state index contributed by atoms with van der Waals surface area (Å²) in [4.78, 5) is 18.4. The third-order valence-electron chi connectivity index (χ3n) is 4.81. The molecule has 0 aliphatic heterocycles. The highest BCUT2D eigenvalue weighted by Gasteiger charge is 2.36. The van der Waals surface area contributed by atoms with E-state index in [-0.39, 0.29) is 33.3 Å². The monoisotopic (exact) mass is 503 g/mol. The first-order chi connectivity index (χ1) is 15.7. The number of aryl methyl sites for hydroxylation is 1. The van der Waals surface area contributed by atoms with E-state index < -0.39 is 50.0 Å². The van der Waals surface area contributed by atoms with Gasteiger partial charge in [0, 0.05) is 23.6 Å². The maximum Gasteiger partial charge on any atom is 0.433 e. The predicted octanol–water partition coefficient (Wildman–Crippen LogP) is 5.19. The van der Waals surface area contributed by atoms with Gasteiger partial charge in [0.1, 0.15) is 10.6 Å². The molecule has 0 aliphatic rings. The lowest BCUT2D eigenvalue weighted by Gasteiger charge is -2.19. The third kappa shape index (κ3) is 4.60. The number of nitrogens with zero attached hydrogens (tertiary/aromatic N) is 1. The highest BCUT2D eigenvalue weighted by atomic mass is 32.2. The lowest BCUT2D eigenvalue weighted by Crippen LogP contribution is -2.17. The first kappa shape index (κ1) is 25.1. The number of aromatic nitrogens is 2. The van der Waals surface area contributed by atoms with Crippen molar-refractivity contribution in [2.45, 2.75) is 24.9 Å². The van der Waals surface area contributed by atoms with Gasteiger partial charge in [-0.2, -0.15) is 17.6 Å². The van der Waals surface area contributed by atoms with Gasteiger partial charge in [0.05, 0.1) is 28.7 Å². The molecule has 2 N–H and O–H groups in total. The SMILES string of the molecule is COc1c(Oc2cnc(C(F)(F)F)c(C)c2-c2cc(=O)c([S@@](C)(=N)=O)c(C)[nH]2)ccc(F)c1F. The molecule has 182 valence electrons. The first-order valence-corrected chi connectivity index (χ1v) is 11.4. The number of hydrogen-bond acceptors (Lipinski definition) is 6. The third-order valence-corrected chi connectivity index (χ3v) is 6.10. The fraction of sp³-hybridized carbons (Fsp3) is 0.238. The molecule has 3 rings (SSSR count). The van der Waals surface area contributed by atoms with Gasteiger partial charge in [0.25, 0.3) is 0 Å². The fourth-order valence-corrected chi connectivity index (χ4v) is 4.56. The van der Waals surface area contributed by atoms with Gasteiger partial charge in [0.15, 0.2) is 22.7 Å². The van der Waals surface area contributed by atoms with E-state index in [4.69, 9.17) is 14.3 Å². The number of hydrogen-bond donors (Lipinski definition) is 2. The van der Waals surface area contributed by atoms with Crippen LogP contribution in [0.25, 0.3) is 11.3 Å². The van der Waals surface area contributed by atoms with Crippen molar-refractivity contribution in [1.29, 1.82) is 4.78 Å². The van der Waals surface area contributed by atoms with Crippen molar-refractivity contribution >= 4 is 9.73 Å². The van der Waals surface area contributed by atoms with Gasteiger partial charge in [-0.3, -0.25) is 4.79 Å². The van der Waals surface area contributed by atoms with Gasteiger partial charge in [0.2, 0.25) is 11.6 Å². The zero-order chi connectivity index (χ0) is 25.6. The lowest BCUT2D eigenvalue weighted by molar-refractivity contribution is -0.141. The van der Waals surface area contributed by atoms with E-state index in [1.165, 1.54) is 6.92 Å². The van der Waals surface area contributed by atoms with Crippen molar-refractivity contribution in [3.63, 3.8) is 0 Å². The summed E-state index contributed by atoms with van der Waals surface area (Å²) in [6.45, 7) is 2.44. The number of nitrogens with one attached hydrogen (secondary N) is 2. The molecule has 0 bridgehead atoms. The van der Waals surface area contributed by atoms with E-state index in [9.17, 15) is 31.0 Å². The molecule has 1 atom stereocenters. The van der Waals surface area contributed by atoms with Crippen LogP contribution in [0.15, 0.2) is 34.1 Å². The van der Waals surface area contributed by atoms with Crippen LogP contribution in [-0.4, -0.2) is 27.5 Å². The summed E-state index contributed by atoms with van der Waals surface area (Å²) in [7, 11) is -2.40. The second-order valence-electron chi connectivity index (χ2n) is 7.31. The average Bonchev–Trinajstić information content (AvgIpc) is 2.68. The van der Waals surface area contributed by atoms with Gasteiger partial charge in [-0.25, -0.2) is 18.4 Å². The van der Waals surface area contributed by atoms with E-state index >= 15 is 0 Å². The first-order valence-electron chi connectivity index (χ1n) is 9.41. The Kier molecular flexibility index (Phi) is 6.44. The highest BCUT2D eigenvalue weighted by Crippen LogP contribution is 2.42. The van der Waals surface area contributed by atoms with Crippen molar-refractivity contribution in [3.05, 3.63) is 63.2 Å². The van der Waals surface area contributed by atoms with Crippen LogP contribution in [0.3, 0.4) is 0 Å². The maximum absolute atomic E-state index is 14.1. The van der Waals surface area contributed by atoms with Crippen LogP contribution in [-0.2, 0) is 15.9 Å². The smallest absolute Gasteiger partial charge is 0.433 e. The molecule has 7 nitrogen and oxygen atoms in total. The van der Waals surface area contributed by atoms with Crippen LogP contribution in [0.1, 0.15) is 17.0 Å². The van der Waals surface area contributed by atoms with Crippen LogP contribution in [0.2, 0.25) is 0 Å². The molecule has 13 heteroatoms. The molecule has 0 amide bonds. The van der Waals surface area contributed by atoms with Crippen molar-refractivity contribution in [1.82, 2.24) is 9.97 Å². The largest absolute Gasteiger partial charge is 0.490 e. The molecule has 0 fully saturated rings. The Labute approximate surface area is 190 Å². The highest BCUT2D eigenvalue weighted by molar-refractivity contribution is 7.91. The van der Waals surface area contributed by atoms with Gasteiger partial charge < -0.3 is 14.5 Å². The minimum absolute atomic E-state index is 0.00567. The minimum atomic E-state index is -4.86. The van der Waals surface area contributed by atoms with E-state index in [2.05, 4.69) is 9.97 Å². The summed E-state index contributed by atoms with van der Waals surface area (Å²) in [6, 6.07) is 2.64. The molecule has 0 aliphatic carbocycles. The Morgan fingerprint density at radius 2 is 1.79 bits per heavy atom. The number of benzene rings is 1. The number of aromatic amines is 1. The molecular weight excluding hydrogens is 485 g/mol. The molecular formula is C21H18F5N3O4S. The van der Waals surface area contributed by atoms with E-state index in [1.54, 1.807) is 0 Å². The summed E-state index contributed by atoms with van der Waals surface area (Å²) in [6.07, 6.45) is -3.10. The average molecular weight is 503 g/mol. The van der Waals surface area contributed by atoms with Crippen molar-refractivity contribution in [3.8, 4) is 28.5 Å². The number of H-pyrrole nitrogens is 1. The van der Waals surface area contributed by atoms with Crippen molar-refractivity contribution < 1.29 is 35.6 Å². The number of methoxy groups -OCH3 is 1. The summed E-state index contributed by atoms with van der Waals surface area (Å²) < 4.78 is 98.6. The molecule has 34 heavy (non-hydrogen) atoms. The summed E-state index contributed by atoms with van der Waals surface area (Å²) in [5, 5.41) is 0. The zero-order valence-corrected chi connectivity index (χ0v) is 19.0. The number of halogens is 5. The minimum Gasteiger partial charge on any atom is -0.490 e. The molecule has 0 unspecified atom stereocenters. The number of ether oxygens (including phenoxy) is 2. The van der Waals surface area contributed by atoms with Gasteiger partial charge in [-0.15, -0.1) is 0 Å². The van der Waals surface area contributed by atoms with E-state index in [0.717, 1.165) is 44.7 Å². The standard InChI is InChI=1S/C21H18F5N3O4S/c1-9-16(12-7-13(30)19(10(2)29-12)34(4,27)31)15(8-28-20(9)21(24,25)26)33-14-6-5-11(22)17(23)18(14)32-3/h5-8,27H,1-4H3,(H,29,30)/t34-/m0/s1. The molecule has 2 aromatic heterocycles. The summed E-state index contributed by atoms with van der Waals surface area (Å²) in [5.41, 5.74) is -2.95. The van der Waals surface area contributed by atoms with Crippen LogP contribution in [0.5, 0.6) is 17.2 Å². The molecule has 0 spiro atoms. The van der Waals surface area contributed by atoms with E-state index in [0.29, 0.717) is 0 Å². The second-order valence-corrected chi connectivity index (χ2v) is 9.40. The normalized spacial score (nSPS) is 13.4. The number of rotatable bonds is 5. The maximum atomic E-state index is 14.1. The fourth-order valence-electron chi connectivity index (χ4n) is 3.48. The second kappa shape index (κ2) is 8.70. The van der Waals surface area contributed by atoms with Gasteiger partial charge in [-0.1, -0.05) is 0 Å². The quantitative estimate of drug-likeness (QED) is 0.467. The van der Waals surface area contributed by atoms with Crippen LogP contribution >= 0.6 is 0 Å². The molecule has 0 saturated heterocycles.